The van der Waals surface area contributed by atoms with Gasteiger partial charge in [0.25, 0.3) is 0 Å². The van der Waals surface area contributed by atoms with Gasteiger partial charge in [-0.15, -0.1) is 0 Å². The van der Waals surface area contributed by atoms with Crippen LogP contribution in [0.4, 0.5) is 11.4 Å². The van der Waals surface area contributed by atoms with Gasteiger partial charge < -0.3 is 10.6 Å². The van der Waals surface area contributed by atoms with E-state index < -0.39 is 0 Å². The SMILES string of the molecule is CC(C)Nc1cnc2ccc(C(C)(C)Nc3ccc4ncccc4c3)cc2c1. The van der Waals surface area contributed by atoms with Crippen LogP contribution in [0.3, 0.4) is 0 Å². The van der Waals surface area contributed by atoms with Crippen LogP contribution in [-0.4, -0.2) is 16.0 Å². The molecule has 4 rings (SSSR count). The summed E-state index contributed by atoms with van der Waals surface area (Å²) in [7, 11) is 0. The van der Waals surface area contributed by atoms with Crippen molar-refractivity contribution in [3.05, 3.63) is 72.6 Å². The van der Waals surface area contributed by atoms with E-state index in [0.29, 0.717) is 6.04 Å². The molecular weight excluding hydrogens is 344 g/mol. The molecule has 0 saturated heterocycles. The average Bonchev–Trinajstić information content (AvgIpc) is 2.66. The van der Waals surface area contributed by atoms with Crippen LogP contribution in [0.25, 0.3) is 21.8 Å². The van der Waals surface area contributed by atoms with E-state index in [4.69, 9.17) is 0 Å². The summed E-state index contributed by atoms with van der Waals surface area (Å²) in [6.45, 7) is 8.66. The molecule has 0 aliphatic rings. The van der Waals surface area contributed by atoms with E-state index in [2.05, 4.69) is 96.8 Å². The first-order valence-electron chi connectivity index (χ1n) is 9.70. The van der Waals surface area contributed by atoms with Crippen molar-refractivity contribution < 1.29 is 0 Å². The van der Waals surface area contributed by atoms with Gasteiger partial charge in [-0.05, 0) is 75.7 Å². The van der Waals surface area contributed by atoms with Gasteiger partial charge in [-0.1, -0.05) is 12.1 Å². The number of anilines is 2. The number of rotatable bonds is 5. The van der Waals surface area contributed by atoms with E-state index >= 15 is 0 Å². The van der Waals surface area contributed by atoms with Crippen molar-refractivity contribution in [3.63, 3.8) is 0 Å². The molecule has 0 fully saturated rings. The van der Waals surface area contributed by atoms with Crippen LogP contribution in [-0.2, 0) is 5.54 Å². The molecule has 0 aliphatic carbocycles. The maximum absolute atomic E-state index is 4.59. The predicted molar refractivity (Wildman–Crippen MR) is 119 cm³/mol. The van der Waals surface area contributed by atoms with Crippen molar-refractivity contribution in [3.8, 4) is 0 Å². The Morgan fingerprint density at radius 1 is 0.821 bits per heavy atom. The predicted octanol–water partition coefficient (Wildman–Crippen LogP) is 5.95. The molecule has 2 aromatic heterocycles. The van der Waals surface area contributed by atoms with Gasteiger partial charge in [0.05, 0.1) is 28.5 Å². The van der Waals surface area contributed by atoms with Crippen LogP contribution in [0.2, 0.25) is 0 Å². The van der Waals surface area contributed by atoms with Crippen molar-refractivity contribution in [2.75, 3.05) is 10.6 Å². The smallest absolute Gasteiger partial charge is 0.0703 e. The molecule has 28 heavy (non-hydrogen) atoms. The summed E-state index contributed by atoms with van der Waals surface area (Å²) in [4.78, 5) is 8.98. The summed E-state index contributed by atoms with van der Waals surface area (Å²) in [6, 6.07) is 19.4. The van der Waals surface area contributed by atoms with E-state index in [-0.39, 0.29) is 5.54 Å². The molecule has 0 unspecified atom stereocenters. The normalized spacial score (nSPS) is 11.9. The van der Waals surface area contributed by atoms with Gasteiger partial charge in [-0.2, -0.15) is 0 Å². The molecule has 0 radical (unpaired) electrons. The minimum Gasteiger partial charge on any atom is -0.382 e. The minimum absolute atomic E-state index is 0.231. The number of fused-ring (bicyclic) bond motifs is 2. The molecule has 2 N–H and O–H groups in total. The number of hydrogen-bond acceptors (Lipinski definition) is 4. The van der Waals surface area contributed by atoms with Gasteiger partial charge in [-0.3, -0.25) is 9.97 Å². The molecule has 0 spiro atoms. The Bertz CT molecular complexity index is 1130. The lowest BCUT2D eigenvalue weighted by Gasteiger charge is -2.29. The van der Waals surface area contributed by atoms with Crippen LogP contribution in [0.15, 0.2) is 67.0 Å². The van der Waals surface area contributed by atoms with Crippen LogP contribution >= 0.6 is 0 Å². The standard InChI is InChI=1S/C24H26N4/c1-16(2)27-21-14-18-12-19(7-9-23(18)26-15-21)24(3,4)28-20-8-10-22-17(13-20)6-5-11-25-22/h5-16,27-28H,1-4H3. The van der Waals surface area contributed by atoms with Crippen molar-refractivity contribution in [2.45, 2.75) is 39.3 Å². The molecule has 4 aromatic rings. The summed E-state index contributed by atoms with van der Waals surface area (Å²) in [5.41, 5.74) is 5.13. The van der Waals surface area contributed by atoms with E-state index in [0.717, 1.165) is 33.2 Å². The highest BCUT2D eigenvalue weighted by Gasteiger charge is 2.21. The first kappa shape index (κ1) is 18.2. The lowest BCUT2D eigenvalue weighted by molar-refractivity contribution is 0.610. The number of hydrogen-bond donors (Lipinski definition) is 2. The Balaban J connectivity index is 1.65. The Morgan fingerprint density at radius 3 is 2.39 bits per heavy atom. The monoisotopic (exact) mass is 370 g/mol. The third-order valence-corrected chi connectivity index (χ3v) is 4.92. The average molecular weight is 371 g/mol. The highest BCUT2D eigenvalue weighted by Crippen LogP contribution is 2.30. The minimum atomic E-state index is -0.231. The van der Waals surface area contributed by atoms with Crippen LogP contribution < -0.4 is 10.6 Å². The quantitative estimate of drug-likeness (QED) is 0.456. The van der Waals surface area contributed by atoms with Gasteiger partial charge in [-0.25, -0.2) is 0 Å². The summed E-state index contributed by atoms with van der Waals surface area (Å²) < 4.78 is 0. The second kappa shape index (κ2) is 7.12. The second-order valence-electron chi connectivity index (χ2n) is 8.09. The third kappa shape index (κ3) is 3.77. The third-order valence-electron chi connectivity index (χ3n) is 4.92. The number of aromatic nitrogens is 2. The van der Waals surface area contributed by atoms with E-state index in [1.54, 1.807) is 0 Å². The van der Waals surface area contributed by atoms with Crippen molar-refractivity contribution in [1.82, 2.24) is 9.97 Å². The fourth-order valence-corrected chi connectivity index (χ4v) is 3.52. The Kier molecular flexibility index (Phi) is 4.63. The zero-order valence-electron chi connectivity index (χ0n) is 16.8. The van der Waals surface area contributed by atoms with Crippen LogP contribution in [0.5, 0.6) is 0 Å². The first-order valence-corrected chi connectivity index (χ1v) is 9.70. The summed E-state index contributed by atoms with van der Waals surface area (Å²) >= 11 is 0. The number of pyridine rings is 2. The topological polar surface area (TPSA) is 49.8 Å². The summed E-state index contributed by atoms with van der Waals surface area (Å²) in [5, 5.41) is 9.38. The lowest BCUT2D eigenvalue weighted by Crippen LogP contribution is -2.27. The van der Waals surface area contributed by atoms with Crippen LogP contribution in [0.1, 0.15) is 33.3 Å². The van der Waals surface area contributed by atoms with Crippen molar-refractivity contribution in [1.29, 1.82) is 0 Å². The number of nitrogens with one attached hydrogen (secondary N) is 2. The first-order chi connectivity index (χ1) is 13.4. The van der Waals surface area contributed by atoms with Gasteiger partial charge >= 0.3 is 0 Å². The maximum Gasteiger partial charge on any atom is 0.0703 e. The van der Waals surface area contributed by atoms with Gasteiger partial charge in [0.15, 0.2) is 0 Å². The zero-order chi connectivity index (χ0) is 19.7. The molecule has 0 amide bonds. The molecule has 4 heteroatoms. The molecule has 2 aromatic carbocycles. The highest BCUT2D eigenvalue weighted by molar-refractivity contribution is 5.84. The molecule has 0 saturated carbocycles. The van der Waals surface area contributed by atoms with Crippen molar-refractivity contribution >= 4 is 33.2 Å². The fraction of sp³-hybridized carbons (Fsp3) is 0.250. The van der Waals surface area contributed by atoms with E-state index in [9.17, 15) is 0 Å². The molecule has 2 heterocycles. The Morgan fingerprint density at radius 2 is 1.57 bits per heavy atom. The van der Waals surface area contributed by atoms with Gasteiger partial charge in [0, 0.05) is 28.7 Å². The second-order valence-corrected chi connectivity index (χ2v) is 8.09. The van der Waals surface area contributed by atoms with E-state index in [1.165, 1.54) is 5.56 Å². The fourth-order valence-electron chi connectivity index (χ4n) is 3.52. The van der Waals surface area contributed by atoms with E-state index in [1.807, 2.05) is 18.5 Å². The summed E-state index contributed by atoms with van der Waals surface area (Å²) in [5.74, 6) is 0. The molecule has 0 atom stereocenters. The highest BCUT2D eigenvalue weighted by atomic mass is 15.0. The van der Waals surface area contributed by atoms with Gasteiger partial charge in [0.2, 0.25) is 0 Å². The number of nitrogens with zero attached hydrogens (tertiary/aromatic N) is 2. The van der Waals surface area contributed by atoms with Crippen LogP contribution in [0, 0.1) is 0 Å². The molecule has 4 nitrogen and oxygen atoms in total. The Hall–Kier alpha value is -3.14. The largest absolute Gasteiger partial charge is 0.382 e. The summed E-state index contributed by atoms with van der Waals surface area (Å²) in [6.07, 6.45) is 3.72. The maximum atomic E-state index is 4.59. The number of benzene rings is 2. The Labute approximate surface area is 166 Å². The molecule has 142 valence electrons. The molecule has 0 aliphatic heterocycles. The van der Waals surface area contributed by atoms with Crippen molar-refractivity contribution in [2.24, 2.45) is 0 Å². The zero-order valence-corrected chi connectivity index (χ0v) is 16.8. The molecular formula is C24H26N4. The lowest BCUT2D eigenvalue weighted by atomic mass is 9.92. The molecule has 0 bridgehead atoms. The van der Waals surface area contributed by atoms with Gasteiger partial charge in [0.1, 0.15) is 0 Å².